The van der Waals surface area contributed by atoms with E-state index in [0.717, 1.165) is 22.0 Å². The molecule has 0 fully saturated rings. The SMILES string of the molecule is C=C(C)c1cc2nc(C)c(C(OC(C)(C)C)C(=O)O)c(-c3ccc4c(ccn4C)c3)n2n1. The van der Waals surface area contributed by atoms with Crippen molar-refractivity contribution in [1.82, 2.24) is 19.2 Å². The number of nitrogens with zero attached hydrogens (tertiary/aromatic N) is 4. The van der Waals surface area contributed by atoms with Crippen molar-refractivity contribution in [2.75, 3.05) is 0 Å². The first-order valence-corrected chi connectivity index (χ1v) is 10.5. The van der Waals surface area contributed by atoms with E-state index in [9.17, 15) is 9.90 Å². The Kier molecular flexibility index (Phi) is 5.17. The molecule has 0 amide bonds. The van der Waals surface area contributed by atoms with Crippen LogP contribution in [0.1, 0.15) is 50.8 Å². The highest BCUT2D eigenvalue weighted by atomic mass is 16.5. The summed E-state index contributed by atoms with van der Waals surface area (Å²) in [6, 6.07) is 9.96. The highest BCUT2D eigenvalue weighted by molar-refractivity contribution is 5.87. The van der Waals surface area contributed by atoms with Gasteiger partial charge in [0, 0.05) is 47.0 Å². The summed E-state index contributed by atoms with van der Waals surface area (Å²) in [6.07, 6.45) is 0.796. The van der Waals surface area contributed by atoms with E-state index < -0.39 is 17.7 Å². The normalized spacial score (nSPS) is 13.1. The molecule has 3 aromatic heterocycles. The Bertz CT molecular complexity index is 1370. The van der Waals surface area contributed by atoms with E-state index in [4.69, 9.17) is 9.84 Å². The van der Waals surface area contributed by atoms with Gasteiger partial charge in [-0.1, -0.05) is 12.6 Å². The average Bonchev–Trinajstić information content (AvgIpc) is 3.28. The van der Waals surface area contributed by atoms with Gasteiger partial charge in [-0.05, 0) is 58.4 Å². The molecule has 0 saturated heterocycles. The average molecular weight is 433 g/mol. The quantitative estimate of drug-likeness (QED) is 0.470. The lowest BCUT2D eigenvalue weighted by Crippen LogP contribution is -2.29. The van der Waals surface area contributed by atoms with Crippen LogP contribution in [-0.2, 0) is 16.6 Å². The van der Waals surface area contributed by atoms with Gasteiger partial charge in [0.2, 0.25) is 0 Å². The Hall–Kier alpha value is -3.45. The summed E-state index contributed by atoms with van der Waals surface area (Å²) >= 11 is 0. The third-order valence-corrected chi connectivity index (χ3v) is 5.38. The predicted molar refractivity (Wildman–Crippen MR) is 126 cm³/mol. The largest absolute Gasteiger partial charge is 0.479 e. The van der Waals surface area contributed by atoms with Crippen LogP contribution >= 0.6 is 0 Å². The lowest BCUT2D eigenvalue weighted by Gasteiger charge is -2.27. The maximum absolute atomic E-state index is 12.4. The van der Waals surface area contributed by atoms with Crippen molar-refractivity contribution in [1.29, 1.82) is 0 Å². The summed E-state index contributed by atoms with van der Waals surface area (Å²) in [5.74, 6) is -1.07. The summed E-state index contributed by atoms with van der Waals surface area (Å²) in [5, 5.41) is 15.9. The van der Waals surface area contributed by atoms with Crippen LogP contribution in [0.5, 0.6) is 0 Å². The molecule has 0 aliphatic rings. The first-order chi connectivity index (χ1) is 15.0. The Labute approximate surface area is 187 Å². The minimum atomic E-state index is -1.20. The van der Waals surface area contributed by atoms with Crippen LogP contribution in [0, 0.1) is 6.92 Å². The number of rotatable bonds is 5. The first kappa shape index (κ1) is 21.8. The summed E-state index contributed by atoms with van der Waals surface area (Å²) in [7, 11) is 1.99. The molecular weight excluding hydrogens is 404 g/mol. The van der Waals surface area contributed by atoms with Gasteiger partial charge >= 0.3 is 5.97 Å². The van der Waals surface area contributed by atoms with Crippen LogP contribution in [0.2, 0.25) is 0 Å². The summed E-state index contributed by atoms with van der Waals surface area (Å²) in [6.45, 7) is 13.2. The maximum atomic E-state index is 12.4. The second-order valence-corrected chi connectivity index (χ2v) is 9.19. The van der Waals surface area contributed by atoms with E-state index in [-0.39, 0.29) is 0 Å². The van der Waals surface area contributed by atoms with Crippen molar-refractivity contribution >= 4 is 28.1 Å². The molecule has 4 aromatic rings. The Morgan fingerprint density at radius 1 is 1.22 bits per heavy atom. The minimum Gasteiger partial charge on any atom is -0.479 e. The second-order valence-electron chi connectivity index (χ2n) is 9.19. The maximum Gasteiger partial charge on any atom is 0.337 e. The number of fused-ring (bicyclic) bond motifs is 2. The fourth-order valence-corrected chi connectivity index (χ4v) is 3.95. The zero-order valence-electron chi connectivity index (χ0n) is 19.3. The zero-order chi connectivity index (χ0) is 23.4. The molecule has 0 saturated carbocycles. The fourth-order valence-electron chi connectivity index (χ4n) is 3.95. The van der Waals surface area contributed by atoms with Crippen molar-refractivity contribution < 1.29 is 14.6 Å². The molecule has 4 rings (SSSR count). The molecule has 0 radical (unpaired) electrons. The third-order valence-electron chi connectivity index (χ3n) is 5.38. The zero-order valence-corrected chi connectivity index (χ0v) is 19.3. The number of carboxylic acid groups (broad SMARTS) is 1. The van der Waals surface area contributed by atoms with Crippen LogP contribution in [0.4, 0.5) is 0 Å². The molecular formula is C25H28N4O3. The summed E-state index contributed by atoms with van der Waals surface area (Å²) in [5.41, 5.74) is 5.14. The van der Waals surface area contributed by atoms with Gasteiger partial charge in [-0.3, -0.25) is 0 Å². The van der Waals surface area contributed by atoms with Gasteiger partial charge in [-0.15, -0.1) is 0 Å². The number of allylic oxidation sites excluding steroid dienone is 1. The fraction of sp³-hybridized carbons (Fsp3) is 0.320. The molecule has 0 aliphatic carbocycles. The number of aliphatic carboxylic acids is 1. The van der Waals surface area contributed by atoms with E-state index in [0.29, 0.717) is 28.3 Å². The number of carboxylic acids is 1. The van der Waals surface area contributed by atoms with Gasteiger partial charge in [0.25, 0.3) is 0 Å². The number of benzene rings is 1. The van der Waals surface area contributed by atoms with Gasteiger partial charge in [0.1, 0.15) is 0 Å². The van der Waals surface area contributed by atoms with Gasteiger partial charge < -0.3 is 14.4 Å². The van der Waals surface area contributed by atoms with Crippen LogP contribution in [0.15, 0.2) is 43.1 Å². The first-order valence-electron chi connectivity index (χ1n) is 10.5. The highest BCUT2D eigenvalue weighted by Gasteiger charge is 2.33. The van der Waals surface area contributed by atoms with E-state index in [1.54, 1.807) is 4.52 Å². The molecule has 1 atom stereocenters. The van der Waals surface area contributed by atoms with E-state index in [2.05, 4.69) is 11.6 Å². The second kappa shape index (κ2) is 7.60. The standard InChI is InChI=1S/C25H28N4O3/c1-14(2)18-13-20-26-15(3)21(23(24(30)31)32-25(4,5)6)22(29(20)27-18)17-8-9-19-16(12-17)10-11-28(19)7/h8-13,23H,1H2,2-7H3,(H,30,31). The lowest BCUT2D eigenvalue weighted by atomic mass is 9.98. The van der Waals surface area contributed by atoms with E-state index in [1.807, 2.05) is 82.8 Å². The third kappa shape index (κ3) is 3.80. The van der Waals surface area contributed by atoms with Crippen molar-refractivity contribution in [3.63, 3.8) is 0 Å². The summed E-state index contributed by atoms with van der Waals surface area (Å²) in [4.78, 5) is 17.1. The van der Waals surface area contributed by atoms with Crippen molar-refractivity contribution in [3.05, 3.63) is 60.1 Å². The molecule has 3 heterocycles. The Morgan fingerprint density at radius 3 is 2.56 bits per heavy atom. The number of aryl methyl sites for hydroxylation is 2. The Morgan fingerprint density at radius 2 is 1.94 bits per heavy atom. The minimum absolute atomic E-state index is 0.492. The molecule has 1 unspecified atom stereocenters. The van der Waals surface area contributed by atoms with Crippen molar-refractivity contribution in [2.24, 2.45) is 7.05 Å². The number of hydrogen-bond acceptors (Lipinski definition) is 4. The van der Waals surface area contributed by atoms with Gasteiger partial charge in [0.05, 0.1) is 17.0 Å². The molecule has 0 aliphatic heterocycles. The van der Waals surface area contributed by atoms with Crippen LogP contribution in [0.25, 0.3) is 33.4 Å². The highest BCUT2D eigenvalue weighted by Crippen LogP contribution is 2.36. The van der Waals surface area contributed by atoms with Crippen molar-refractivity contribution in [2.45, 2.75) is 46.3 Å². The van der Waals surface area contributed by atoms with Crippen LogP contribution in [0.3, 0.4) is 0 Å². The molecule has 7 nitrogen and oxygen atoms in total. The van der Waals surface area contributed by atoms with Gasteiger partial charge in [0.15, 0.2) is 11.8 Å². The van der Waals surface area contributed by atoms with E-state index >= 15 is 0 Å². The smallest absolute Gasteiger partial charge is 0.337 e. The monoisotopic (exact) mass is 432 g/mol. The predicted octanol–water partition coefficient (Wildman–Crippen LogP) is 5.17. The van der Waals surface area contributed by atoms with Gasteiger partial charge in [-0.25, -0.2) is 14.3 Å². The molecule has 32 heavy (non-hydrogen) atoms. The van der Waals surface area contributed by atoms with Crippen molar-refractivity contribution in [3.8, 4) is 11.3 Å². The van der Waals surface area contributed by atoms with Crippen LogP contribution < -0.4 is 0 Å². The number of aromatic nitrogens is 4. The lowest BCUT2D eigenvalue weighted by molar-refractivity contribution is -0.160. The summed E-state index contributed by atoms with van der Waals surface area (Å²) < 4.78 is 9.77. The molecule has 0 bridgehead atoms. The molecule has 1 N–H and O–H groups in total. The Balaban J connectivity index is 2.09. The molecule has 0 spiro atoms. The number of hydrogen-bond donors (Lipinski definition) is 1. The molecule has 1 aromatic carbocycles. The van der Waals surface area contributed by atoms with Crippen LogP contribution in [-0.4, -0.2) is 35.8 Å². The number of ether oxygens (including phenoxy) is 1. The molecule has 166 valence electrons. The molecule has 7 heteroatoms. The number of carbonyl (C=O) groups is 1. The van der Waals surface area contributed by atoms with Gasteiger partial charge in [-0.2, -0.15) is 5.10 Å². The topological polar surface area (TPSA) is 81.6 Å². The van der Waals surface area contributed by atoms with E-state index in [1.165, 1.54) is 0 Å².